The first-order valence-corrected chi connectivity index (χ1v) is 6.29. The van der Waals surface area contributed by atoms with Crippen molar-refractivity contribution in [2.24, 2.45) is 5.92 Å². The summed E-state index contributed by atoms with van der Waals surface area (Å²) in [6.45, 7) is 2.96. The molecule has 1 fully saturated rings. The van der Waals surface area contributed by atoms with E-state index in [2.05, 4.69) is 5.32 Å². The molecule has 1 heterocycles. The molecule has 0 bridgehead atoms. The lowest BCUT2D eigenvalue weighted by Gasteiger charge is -2.14. The van der Waals surface area contributed by atoms with Crippen LogP contribution in [0.4, 0.5) is 0 Å². The van der Waals surface area contributed by atoms with Gasteiger partial charge < -0.3 is 19.9 Å². The maximum Gasteiger partial charge on any atom is 0.372 e. The molecule has 1 aliphatic rings. The summed E-state index contributed by atoms with van der Waals surface area (Å²) in [4.78, 5) is 10.8. The van der Waals surface area contributed by atoms with Crippen LogP contribution in [0.2, 0.25) is 0 Å². The number of carboxylic acid groups (broad SMARTS) is 1. The number of aromatic carboxylic acids is 1. The Morgan fingerprint density at radius 2 is 2.33 bits per heavy atom. The summed E-state index contributed by atoms with van der Waals surface area (Å²) >= 11 is 0. The average molecular weight is 253 g/mol. The predicted molar refractivity (Wildman–Crippen MR) is 65.5 cm³/mol. The Balaban J connectivity index is 1.83. The third kappa shape index (κ3) is 2.91. The lowest BCUT2D eigenvalue weighted by Crippen LogP contribution is -2.27. The van der Waals surface area contributed by atoms with E-state index in [1.165, 1.54) is 0 Å². The average Bonchev–Trinajstić information content (AvgIpc) is 2.86. The molecular weight excluding hydrogens is 234 g/mol. The quantitative estimate of drug-likeness (QED) is 0.741. The number of nitrogens with one attached hydrogen (secondary N) is 1. The molecule has 2 unspecified atom stereocenters. The maximum atomic E-state index is 10.8. The number of aliphatic hydroxyl groups is 1. The lowest BCUT2D eigenvalue weighted by atomic mass is 10.1. The molecule has 1 aromatic heterocycles. The van der Waals surface area contributed by atoms with Gasteiger partial charge in [-0.15, -0.1) is 0 Å². The highest BCUT2D eigenvalue weighted by Crippen LogP contribution is 2.24. The molecule has 1 aliphatic carbocycles. The molecule has 0 spiro atoms. The Morgan fingerprint density at radius 1 is 1.56 bits per heavy atom. The fourth-order valence-electron chi connectivity index (χ4n) is 2.48. The zero-order valence-corrected chi connectivity index (χ0v) is 10.5. The largest absolute Gasteiger partial charge is 0.475 e. The van der Waals surface area contributed by atoms with Gasteiger partial charge in [0.15, 0.2) is 0 Å². The summed E-state index contributed by atoms with van der Waals surface area (Å²) in [5, 5.41) is 21.7. The van der Waals surface area contributed by atoms with Crippen LogP contribution in [0.1, 0.15) is 41.1 Å². The summed E-state index contributed by atoms with van der Waals surface area (Å²) in [7, 11) is 0. The Bertz CT molecular complexity index is 427. The van der Waals surface area contributed by atoms with Gasteiger partial charge in [0.2, 0.25) is 5.76 Å². The standard InChI is InChI=1S/C13H19NO4/c1-8-5-10(18-12(8)13(16)17)7-14-6-9-3-2-4-11(9)15/h5,9,11,14-15H,2-4,6-7H2,1H3,(H,16,17). The highest BCUT2D eigenvalue weighted by atomic mass is 16.4. The van der Waals surface area contributed by atoms with Gasteiger partial charge in [0.05, 0.1) is 12.6 Å². The van der Waals surface area contributed by atoms with E-state index >= 15 is 0 Å². The van der Waals surface area contributed by atoms with Crippen LogP contribution >= 0.6 is 0 Å². The van der Waals surface area contributed by atoms with Crippen molar-refractivity contribution in [3.63, 3.8) is 0 Å². The van der Waals surface area contributed by atoms with Crippen molar-refractivity contribution in [1.82, 2.24) is 5.32 Å². The molecular formula is C13H19NO4. The van der Waals surface area contributed by atoms with Gasteiger partial charge in [-0.05, 0) is 31.7 Å². The Morgan fingerprint density at radius 3 is 2.89 bits per heavy atom. The minimum atomic E-state index is -1.04. The lowest BCUT2D eigenvalue weighted by molar-refractivity contribution is 0.0659. The number of hydrogen-bond acceptors (Lipinski definition) is 4. The van der Waals surface area contributed by atoms with Gasteiger partial charge in [-0.25, -0.2) is 4.79 Å². The van der Waals surface area contributed by atoms with Gasteiger partial charge in [-0.3, -0.25) is 0 Å². The predicted octanol–water partition coefficient (Wildman–Crippen LogP) is 1.54. The molecule has 5 heteroatoms. The van der Waals surface area contributed by atoms with Crippen molar-refractivity contribution in [1.29, 1.82) is 0 Å². The summed E-state index contributed by atoms with van der Waals surface area (Å²) in [6, 6.07) is 1.74. The number of aliphatic hydroxyl groups excluding tert-OH is 1. The van der Waals surface area contributed by atoms with E-state index in [9.17, 15) is 9.90 Å². The second-order valence-electron chi connectivity index (χ2n) is 4.92. The van der Waals surface area contributed by atoms with Crippen LogP contribution in [0.5, 0.6) is 0 Å². The molecule has 0 saturated heterocycles. The van der Waals surface area contributed by atoms with Gasteiger partial charge in [-0.1, -0.05) is 6.42 Å². The monoisotopic (exact) mass is 253 g/mol. The molecule has 5 nitrogen and oxygen atoms in total. The van der Waals surface area contributed by atoms with Crippen LogP contribution in [0.15, 0.2) is 10.5 Å². The minimum absolute atomic E-state index is 0.00713. The first-order valence-electron chi connectivity index (χ1n) is 6.29. The first kappa shape index (κ1) is 13.1. The van der Waals surface area contributed by atoms with Crippen LogP contribution in [0.25, 0.3) is 0 Å². The van der Waals surface area contributed by atoms with Gasteiger partial charge in [-0.2, -0.15) is 0 Å². The Hall–Kier alpha value is -1.33. The molecule has 2 atom stereocenters. The van der Waals surface area contributed by atoms with Crippen LogP contribution in [-0.4, -0.2) is 28.8 Å². The van der Waals surface area contributed by atoms with E-state index in [1.807, 2.05) is 0 Å². The molecule has 1 saturated carbocycles. The highest BCUT2D eigenvalue weighted by molar-refractivity contribution is 5.86. The van der Waals surface area contributed by atoms with Crippen LogP contribution < -0.4 is 5.32 Å². The van der Waals surface area contributed by atoms with Crippen molar-refractivity contribution >= 4 is 5.97 Å². The normalized spacial score (nSPS) is 23.4. The first-order chi connectivity index (χ1) is 8.58. The van der Waals surface area contributed by atoms with Crippen molar-refractivity contribution < 1.29 is 19.4 Å². The molecule has 3 N–H and O–H groups in total. The molecule has 2 rings (SSSR count). The van der Waals surface area contributed by atoms with Crippen molar-refractivity contribution in [2.75, 3.05) is 6.54 Å². The smallest absolute Gasteiger partial charge is 0.372 e. The van der Waals surface area contributed by atoms with Crippen LogP contribution in [0.3, 0.4) is 0 Å². The van der Waals surface area contributed by atoms with Gasteiger partial charge >= 0.3 is 5.97 Å². The molecule has 100 valence electrons. The summed E-state index contributed by atoms with van der Waals surface area (Å²) in [5.41, 5.74) is 0.639. The van der Waals surface area contributed by atoms with E-state index in [4.69, 9.17) is 9.52 Å². The number of carboxylic acids is 1. The second kappa shape index (κ2) is 5.54. The van der Waals surface area contributed by atoms with Crippen LogP contribution in [0, 0.1) is 12.8 Å². The van der Waals surface area contributed by atoms with E-state index < -0.39 is 5.97 Å². The minimum Gasteiger partial charge on any atom is -0.475 e. The van der Waals surface area contributed by atoms with Crippen molar-refractivity contribution in [2.45, 2.75) is 38.8 Å². The molecule has 0 aromatic carbocycles. The number of carbonyl (C=O) groups is 1. The van der Waals surface area contributed by atoms with Crippen molar-refractivity contribution in [3.05, 3.63) is 23.2 Å². The number of aryl methyl sites for hydroxylation is 1. The summed E-state index contributed by atoms with van der Waals surface area (Å²) in [5.74, 6) is -0.102. The highest BCUT2D eigenvalue weighted by Gasteiger charge is 2.24. The number of furan rings is 1. The zero-order chi connectivity index (χ0) is 13.1. The Kier molecular flexibility index (Phi) is 4.04. The fraction of sp³-hybridized carbons (Fsp3) is 0.615. The number of rotatable bonds is 5. The maximum absolute atomic E-state index is 10.8. The third-order valence-corrected chi connectivity index (χ3v) is 3.49. The fourth-order valence-corrected chi connectivity index (χ4v) is 2.48. The van der Waals surface area contributed by atoms with E-state index in [-0.39, 0.29) is 11.9 Å². The zero-order valence-electron chi connectivity index (χ0n) is 10.5. The van der Waals surface area contributed by atoms with Gasteiger partial charge in [0.1, 0.15) is 5.76 Å². The second-order valence-corrected chi connectivity index (χ2v) is 4.92. The summed E-state index contributed by atoms with van der Waals surface area (Å²) < 4.78 is 5.24. The van der Waals surface area contributed by atoms with E-state index in [0.29, 0.717) is 23.8 Å². The van der Waals surface area contributed by atoms with E-state index in [0.717, 1.165) is 25.8 Å². The topological polar surface area (TPSA) is 82.7 Å². The Labute approximate surface area is 106 Å². The van der Waals surface area contributed by atoms with Crippen molar-refractivity contribution in [3.8, 4) is 0 Å². The molecule has 0 radical (unpaired) electrons. The number of hydrogen-bond donors (Lipinski definition) is 3. The van der Waals surface area contributed by atoms with Gasteiger partial charge in [0, 0.05) is 12.1 Å². The third-order valence-electron chi connectivity index (χ3n) is 3.49. The SMILES string of the molecule is Cc1cc(CNCC2CCCC2O)oc1C(=O)O. The molecule has 0 aliphatic heterocycles. The van der Waals surface area contributed by atoms with Crippen LogP contribution in [-0.2, 0) is 6.54 Å². The molecule has 0 amide bonds. The van der Waals surface area contributed by atoms with Gasteiger partial charge in [0.25, 0.3) is 0 Å². The molecule has 1 aromatic rings. The van der Waals surface area contributed by atoms with E-state index in [1.54, 1.807) is 13.0 Å². The summed E-state index contributed by atoms with van der Waals surface area (Å²) in [6.07, 6.45) is 2.81. The molecule has 18 heavy (non-hydrogen) atoms.